The first kappa shape index (κ1) is 15.6. The summed E-state index contributed by atoms with van der Waals surface area (Å²) in [4.78, 5) is 14.3. The summed E-state index contributed by atoms with van der Waals surface area (Å²) >= 11 is 0. The first-order valence-corrected chi connectivity index (χ1v) is 9.15. The Bertz CT molecular complexity index is 668. The van der Waals surface area contributed by atoms with Gasteiger partial charge in [0.05, 0.1) is 0 Å². The van der Waals surface area contributed by atoms with Crippen LogP contribution in [0.2, 0.25) is 0 Å². The Morgan fingerprint density at radius 3 is 2.62 bits per heavy atom. The molecule has 2 aliphatic rings. The van der Waals surface area contributed by atoms with Crippen molar-refractivity contribution in [2.75, 3.05) is 24.5 Å². The van der Waals surface area contributed by atoms with Crippen molar-refractivity contribution in [1.29, 1.82) is 0 Å². The largest absolute Gasteiger partial charge is 0.355 e. The molecule has 4 nitrogen and oxygen atoms in total. The summed E-state index contributed by atoms with van der Waals surface area (Å²) in [6.45, 7) is 6.58. The lowest BCUT2D eigenvalue weighted by molar-refractivity contribution is 0.212. The summed E-state index contributed by atoms with van der Waals surface area (Å²) in [6.07, 6.45) is 5.62. The molecule has 24 heavy (non-hydrogen) atoms. The number of rotatable bonds is 4. The molecular weight excluding hydrogens is 296 g/mol. The van der Waals surface area contributed by atoms with Crippen LogP contribution in [0.15, 0.2) is 42.6 Å². The van der Waals surface area contributed by atoms with Gasteiger partial charge in [-0.3, -0.25) is 4.90 Å². The van der Waals surface area contributed by atoms with Crippen LogP contribution in [0, 0.1) is 0 Å². The third-order valence-corrected chi connectivity index (χ3v) is 5.25. The molecule has 0 bridgehead atoms. The predicted molar refractivity (Wildman–Crippen MR) is 97.2 cm³/mol. The van der Waals surface area contributed by atoms with Crippen molar-refractivity contribution in [2.24, 2.45) is 0 Å². The maximum atomic E-state index is 4.83. The zero-order chi connectivity index (χ0) is 16.4. The van der Waals surface area contributed by atoms with Crippen LogP contribution in [0.5, 0.6) is 0 Å². The summed E-state index contributed by atoms with van der Waals surface area (Å²) in [7, 11) is 0. The van der Waals surface area contributed by atoms with Crippen LogP contribution in [-0.2, 0) is 6.54 Å². The number of anilines is 1. The van der Waals surface area contributed by atoms with Gasteiger partial charge in [0.15, 0.2) is 0 Å². The molecule has 0 N–H and O–H groups in total. The molecule has 1 aliphatic carbocycles. The van der Waals surface area contributed by atoms with Crippen LogP contribution >= 0.6 is 0 Å². The second-order valence-corrected chi connectivity index (χ2v) is 7.13. The van der Waals surface area contributed by atoms with E-state index in [-0.39, 0.29) is 0 Å². The molecule has 1 saturated heterocycles. The molecule has 1 aromatic heterocycles. The van der Waals surface area contributed by atoms with Crippen molar-refractivity contribution in [1.82, 2.24) is 14.9 Å². The molecule has 0 radical (unpaired) electrons. The van der Waals surface area contributed by atoms with Crippen LogP contribution in [0.25, 0.3) is 0 Å². The zero-order valence-corrected chi connectivity index (χ0v) is 14.4. The van der Waals surface area contributed by atoms with E-state index in [4.69, 9.17) is 4.98 Å². The molecule has 1 unspecified atom stereocenters. The molecule has 2 aromatic rings. The van der Waals surface area contributed by atoms with Crippen molar-refractivity contribution in [3.63, 3.8) is 0 Å². The van der Waals surface area contributed by atoms with Gasteiger partial charge in [0, 0.05) is 44.3 Å². The first-order chi connectivity index (χ1) is 11.8. The first-order valence-electron chi connectivity index (χ1n) is 9.15. The van der Waals surface area contributed by atoms with Crippen molar-refractivity contribution < 1.29 is 0 Å². The molecule has 2 heterocycles. The van der Waals surface area contributed by atoms with Gasteiger partial charge in [-0.2, -0.15) is 0 Å². The maximum absolute atomic E-state index is 4.83. The van der Waals surface area contributed by atoms with E-state index in [2.05, 4.69) is 58.1 Å². The molecule has 1 aromatic carbocycles. The van der Waals surface area contributed by atoms with E-state index >= 15 is 0 Å². The number of nitrogens with zero attached hydrogens (tertiary/aromatic N) is 4. The minimum absolute atomic E-state index is 0.597. The highest BCUT2D eigenvalue weighted by atomic mass is 15.3. The normalized spacial score (nSPS) is 22.4. The van der Waals surface area contributed by atoms with E-state index in [0.29, 0.717) is 12.0 Å². The summed E-state index contributed by atoms with van der Waals surface area (Å²) in [5, 5.41) is 0. The Hall–Kier alpha value is -1.94. The minimum atomic E-state index is 0.597. The van der Waals surface area contributed by atoms with Gasteiger partial charge in [-0.25, -0.2) is 9.97 Å². The lowest BCUT2D eigenvalue weighted by atomic mass is 10.1. The van der Waals surface area contributed by atoms with Crippen LogP contribution in [0.4, 0.5) is 5.82 Å². The van der Waals surface area contributed by atoms with Crippen molar-refractivity contribution in [3.05, 3.63) is 54.0 Å². The summed E-state index contributed by atoms with van der Waals surface area (Å²) in [6, 6.07) is 13.5. The minimum Gasteiger partial charge on any atom is -0.355 e. The lowest BCUT2D eigenvalue weighted by Crippen LogP contribution is -2.34. The average Bonchev–Trinajstić information content (AvgIpc) is 3.46. The Morgan fingerprint density at radius 1 is 1.00 bits per heavy atom. The van der Waals surface area contributed by atoms with Crippen LogP contribution in [0.1, 0.15) is 43.5 Å². The SMILES string of the molecule is CC1CCN(c2ccnc(C3CC3)n2)CCN1Cc1ccccc1. The number of hydrogen-bond acceptors (Lipinski definition) is 4. The van der Waals surface area contributed by atoms with Gasteiger partial charge in [0.2, 0.25) is 0 Å². The van der Waals surface area contributed by atoms with Gasteiger partial charge < -0.3 is 4.90 Å². The third kappa shape index (κ3) is 3.59. The zero-order valence-electron chi connectivity index (χ0n) is 14.4. The summed E-state index contributed by atoms with van der Waals surface area (Å²) in [5.41, 5.74) is 1.40. The molecule has 2 fully saturated rings. The Balaban J connectivity index is 1.44. The molecule has 126 valence electrons. The van der Waals surface area contributed by atoms with Gasteiger partial charge in [0.25, 0.3) is 0 Å². The molecule has 1 atom stereocenters. The fourth-order valence-corrected chi connectivity index (χ4v) is 3.47. The smallest absolute Gasteiger partial charge is 0.133 e. The highest BCUT2D eigenvalue weighted by molar-refractivity contribution is 5.38. The summed E-state index contributed by atoms with van der Waals surface area (Å²) < 4.78 is 0. The predicted octanol–water partition coefficient (Wildman–Crippen LogP) is 3.45. The average molecular weight is 322 g/mol. The Labute approximate surface area is 144 Å². The third-order valence-electron chi connectivity index (χ3n) is 5.25. The van der Waals surface area contributed by atoms with Gasteiger partial charge in [-0.1, -0.05) is 30.3 Å². The second-order valence-electron chi connectivity index (χ2n) is 7.13. The van der Waals surface area contributed by atoms with Crippen LogP contribution in [0.3, 0.4) is 0 Å². The quantitative estimate of drug-likeness (QED) is 0.863. The number of aromatic nitrogens is 2. The van der Waals surface area contributed by atoms with Gasteiger partial charge in [0.1, 0.15) is 11.6 Å². The van der Waals surface area contributed by atoms with Gasteiger partial charge in [-0.15, -0.1) is 0 Å². The molecule has 0 amide bonds. The van der Waals surface area contributed by atoms with Gasteiger partial charge in [-0.05, 0) is 37.8 Å². The molecule has 4 heteroatoms. The van der Waals surface area contributed by atoms with E-state index in [0.717, 1.165) is 37.8 Å². The molecule has 0 spiro atoms. The van der Waals surface area contributed by atoms with Crippen molar-refractivity contribution in [3.8, 4) is 0 Å². The summed E-state index contributed by atoms with van der Waals surface area (Å²) in [5.74, 6) is 2.78. The van der Waals surface area contributed by atoms with E-state index in [1.807, 2.05) is 6.20 Å². The molecule has 1 aliphatic heterocycles. The lowest BCUT2D eigenvalue weighted by Gasteiger charge is -2.26. The fourth-order valence-electron chi connectivity index (χ4n) is 3.47. The number of hydrogen-bond donors (Lipinski definition) is 0. The standard InChI is InChI=1S/C20H26N4/c1-16-10-12-23(19-9-11-21-20(22-19)18-7-8-18)13-14-24(16)15-17-5-3-2-4-6-17/h2-6,9,11,16,18H,7-8,10,12-15H2,1H3. The van der Waals surface area contributed by atoms with Crippen molar-refractivity contribution >= 4 is 5.82 Å². The van der Waals surface area contributed by atoms with E-state index < -0.39 is 0 Å². The molecule has 1 saturated carbocycles. The maximum Gasteiger partial charge on any atom is 0.133 e. The molecular formula is C20H26N4. The molecule has 4 rings (SSSR count). The highest BCUT2D eigenvalue weighted by Crippen LogP contribution is 2.38. The Kier molecular flexibility index (Phi) is 4.48. The fraction of sp³-hybridized carbons (Fsp3) is 0.500. The topological polar surface area (TPSA) is 32.3 Å². The van der Waals surface area contributed by atoms with Gasteiger partial charge >= 0.3 is 0 Å². The van der Waals surface area contributed by atoms with Crippen molar-refractivity contribution in [2.45, 2.75) is 44.7 Å². The Morgan fingerprint density at radius 2 is 1.83 bits per heavy atom. The highest BCUT2D eigenvalue weighted by Gasteiger charge is 2.27. The van der Waals surface area contributed by atoms with E-state index in [9.17, 15) is 0 Å². The second kappa shape index (κ2) is 6.89. The van der Waals surface area contributed by atoms with Crippen LogP contribution < -0.4 is 4.90 Å². The van der Waals surface area contributed by atoms with E-state index in [1.54, 1.807) is 0 Å². The van der Waals surface area contributed by atoms with E-state index in [1.165, 1.54) is 24.8 Å². The monoisotopic (exact) mass is 322 g/mol. The number of benzene rings is 1. The van der Waals surface area contributed by atoms with Crippen LogP contribution in [-0.4, -0.2) is 40.5 Å².